The van der Waals surface area contributed by atoms with Crippen LogP contribution in [0.2, 0.25) is 0 Å². The molecule has 7 aliphatic rings. The predicted molar refractivity (Wildman–Crippen MR) is 569 cm³/mol. The average Bonchev–Trinajstić information content (AvgIpc) is 1.61. The number of thiophene rings is 4. The number of aromatic nitrogens is 8. The molecular formula is C104H84Br2F2N22O13S4. The summed E-state index contributed by atoms with van der Waals surface area (Å²) in [6, 6.07) is 58.5. The van der Waals surface area contributed by atoms with Crippen LogP contribution in [0, 0.1) is 25.5 Å². The number of nitrogens with zero attached hydrogens (tertiary/aromatic N) is 15. The molecule has 43 heteroatoms. The molecule has 15 heterocycles. The molecule has 17 aromatic rings. The minimum Gasteiger partial charge on any atom is -0.477 e. The monoisotopic (exact) mass is 2170 g/mol. The van der Waals surface area contributed by atoms with Gasteiger partial charge >= 0.3 is 30.1 Å². The molecule has 147 heavy (non-hydrogen) atoms. The van der Waals surface area contributed by atoms with Crippen molar-refractivity contribution in [3.05, 3.63) is 299 Å². The maximum atomic E-state index is 14.7. The number of carbonyl (C=O) groups excluding carboxylic acids is 7. The lowest BCUT2D eigenvalue weighted by molar-refractivity contribution is 0.0341. The first-order valence-electron chi connectivity index (χ1n) is 46.4. The summed E-state index contributed by atoms with van der Waals surface area (Å²) in [7, 11) is 0. The fourth-order valence-electron chi connectivity index (χ4n) is 17.7. The standard InChI is InChI=1S/C31H25FN6O4S.C27H25BrN6O2S.C26H23BrN6O3S.C20H11FN4O4S/c32-20-3-9-23(10-4-20)42-24-11-7-22(8-12-24)38-28-25-26(36-31(38)40)27(43-30(25)34-18-33-28)29(39)35-21-5-1-19(2-6-21)17-37-13-15-41-16-14-37;1-16-5-10-19(13-20(16)28)34-24-21-22(32-27(34)36)23(37-26(21)30-15-29-24)25(35)31-18-8-6-17(7-9-18)14-33-11-3-2-4-12-33;1-15-2-5-17(27)12-19(15)33-23-20-21(31-26(33)35)22(37-25(20)29-14-28-23)24(34)30-18-6-3-16(4-7-18)13-32-8-10-36-11-9-32;21-12-8-10(6-7-13(12)29-11-4-2-1-3-5-11)25-17-14-15(24-20(25)28)16(19(26)27)30-18(14)23-9-22-17/h1-12,18H,13-17H2,(H,35,39)(H,36,40);5-10,13,15H,2-4,11-12,14H2,1H3,(H,31,35)(H,32,36);2-7,12,14H,8-11,13H2,1H3,(H,30,34)(H,31,35);1-9H,(H,24,28)(H,26,27). The van der Waals surface area contributed by atoms with E-state index in [1.807, 2.05) is 117 Å². The molecule has 24 rings (SSSR count). The number of carbonyl (C=O) groups is 8. The summed E-state index contributed by atoms with van der Waals surface area (Å²) in [5.74, 6) is -0.208. The van der Waals surface area contributed by atoms with Crippen LogP contribution in [0.15, 0.2) is 241 Å². The summed E-state index contributed by atoms with van der Waals surface area (Å²) < 4.78 is 51.8. The van der Waals surface area contributed by atoms with Crippen molar-refractivity contribution in [1.82, 2.24) is 54.6 Å². The van der Waals surface area contributed by atoms with Gasteiger partial charge in [-0.15, -0.1) is 45.3 Å². The first-order valence-corrected chi connectivity index (χ1v) is 51.2. The van der Waals surface area contributed by atoms with E-state index in [1.54, 1.807) is 48.5 Å². The van der Waals surface area contributed by atoms with Crippen LogP contribution >= 0.6 is 77.2 Å². The second kappa shape index (κ2) is 42.5. The van der Waals surface area contributed by atoms with Crippen LogP contribution in [-0.2, 0) is 29.1 Å². The number of piperidine rings is 1. The van der Waals surface area contributed by atoms with Gasteiger partial charge in [0, 0.05) is 77.9 Å². The van der Waals surface area contributed by atoms with E-state index in [2.05, 4.69) is 136 Å². The second-order valence-corrected chi connectivity index (χ2v) is 40.4. The predicted octanol–water partition coefficient (Wildman–Crippen LogP) is 23.6. The van der Waals surface area contributed by atoms with E-state index in [0.717, 1.165) is 128 Å². The number of hydrogen-bond acceptors (Lipinski definition) is 27. The van der Waals surface area contributed by atoms with Crippen molar-refractivity contribution < 1.29 is 71.2 Å². The summed E-state index contributed by atoms with van der Waals surface area (Å²) in [4.78, 5) is 155. The quantitative estimate of drug-likeness (QED) is 0.0331. The zero-order valence-corrected chi connectivity index (χ0v) is 84.4. The molecule has 8 aromatic heterocycles. The third-order valence-electron chi connectivity index (χ3n) is 24.9. The Hall–Kier alpha value is -15.7. The Labute approximate surface area is 868 Å². The van der Waals surface area contributed by atoms with E-state index < -0.39 is 23.8 Å². The van der Waals surface area contributed by atoms with Gasteiger partial charge in [0.1, 0.15) is 87.2 Å². The number of ether oxygens (including phenoxy) is 4. The number of rotatable bonds is 21. The van der Waals surface area contributed by atoms with Crippen LogP contribution in [-0.4, -0.2) is 173 Å². The number of amides is 11. The molecule has 0 unspecified atom stereocenters. The molecule has 8 N–H and O–H groups in total. The number of carboxylic acids is 1. The molecule has 11 amide bonds. The second-order valence-electron chi connectivity index (χ2n) is 34.6. The first-order chi connectivity index (χ1) is 71.5. The minimum absolute atomic E-state index is 0.000382. The summed E-state index contributed by atoms with van der Waals surface area (Å²) in [5.41, 5.74) is 11.1. The number of likely N-dealkylation sites (tertiary alicyclic amines) is 1. The number of halogens is 4. The first kappa shape index (κ1) is 97.4. The van der Waals surface area contributed by atoms with Crippen molar-refractivity contribution in [2.45, 2.75) is 52.7 Å². The fraction of sp³-hybridized carbons (Fsp3) is 0.173. The Kier molecular flexibility index (Phi) is 28.2. The highest BCUT2D eigenvalue weighted by Crippen LogP contribution is 2.51. The van der Waals surface area contributed by atoms with Crippen molar-refractivity contribution in [3.63, 3.8) is 0 Å². The summed E-state index contributed by atoms with van der Waals surface area (Å²) >= 11 is 11.6. The largest absolute Gasteiger partial charge is 0.477 e. The van der Waals surface area contributed by atoms with Crippen LogP contribution in [0.5, 0.6) is 23.0 Å². The van der Waals surface area contributed by atoms with Gasteiger partial charge in [0.15, 0.2) is 34.8 Å². The SMILES string of the molecule is Cc1ccc(Br)cc1N1C(=O)Nc2c(C(=O)Nc3ccc(CN4CCOCC4)cc3)sc3ncnc1c23.Cc1ccc(N2C(=O)Nc3c(C(=O)Nc4ccc(CN5CCCCC5)cc4)sc4ncnc2c34)cc1Br.O=C(Nc1ccc(CN2CCOCC2)cc1)c1sc2ncnc3c2c1NC(=O)N3c1ccc(Oc2ccc(F)cc2)cc1.O=C(O)c1sc2ncnc3c2c1NC(=O)N3c1ccc(Oc2ccccc2)c(F)c1. The van der Waals surface area contributed by atoms with E-state index >= 15 is 0 Å². The topological polar surface area (TPSA) is 404 Å². The molecule has 0 radical (unpaired) electrons. The van der Waals surface area contributed by atoms with Crippen molar-refractivity contribution >= 4 is 252 Å². The van der Waals surface area contributed by atoms with Crippen LogP contribution < -0.4 is 66.3 Å². The zero-order chi connectivity index (χ0) is 101. The fourth-order valence-corrected chi connectivity index (χ4v) is 22.3. The van der Waals surface area contributed by atoms with Gasteiger partial charge in [-0.3, -0.25) is 29.1 Å². The van der Waals surface area contributed by atoms with Crippen molar-refractivity contribution in [1.29, 1.82) is 0 Å². The van der Waals surface area contributed by atoms with E-state index in [0.29, 0.717) is 141 Å². The van der Waals surface area contributed by atoms with Crippen molar-refractivity contribution in [2.24, 2.45) is 0 Å². The van der Waals surface area contributed by atoms with Crippen LogP contribution in [0.1, 0.15) is 85.8 Å². The lowest BCUT2D eigenvalue weighted by Crippen LogP contribution is -2.35. The molecule has 3 fully saturated rings. The maximum absolute atomic E-state index is 14.7. The normalized spacial score (nSPS) is 14.8. The highest BCUT2D eigenvalue weighted by molar-refractivity contribution is 9.10. The Morgan fingerprint density at radius 2 is 0.762 bits per heavy atom. The number of urea groups is 4. The molecule has 35 nitrogen and oxygen atoms in total. The lowest BCUT2D eigenvalue weighted by atomic mass is 10.1. The average molecular weight is 2180 g/mol. The Bertz CT molecular complexity index is 8020. The number of benzene rings is 9. The van der Waals surface area contributed by atoms with Gasteiger partial charge in [-0.2, -0.15) is 0 Å². The van der Waals surface area contributed by atoms with E-state index in [4.69, 9.17) is 18.9 Å². The lowest BCUT2D eigenvalue weighted by Gasteiger charge is -2.28. The van der Waals surface area contributed by atoms with E-state index in [-0.39, 0.29) is 63.4 Å². The van der Waals surface area contributed by atoms with Gasteiger partial charge in [0.05, 0.1) is 93.5 Å². The molecule has 0 aliphatic carbocycles. The van der Waals surface area contributed by atoms with Gasteiger partial charge in [0.25, 0.3) is 17.7 Å². The van der Waals surface area contributed by atoms with Crippen LogP contribution in [0.3, 0.4) is 0 Å². The highest BCUT2D eigenvalue weighted by Gasteiger charge is 2.40. The van der Waals surface area contributed by atoms with Crippen molar-refractivity contribution in [2.75, 3.05) is 123 Å². The van der Waals surface area contributed by atoms with Gasteiger partial charge in [-0.25, -0.2) is 92.2 Å². The third-order valence-corrected chi connectivity index (χ3v) is 30.6. The molecule has 0 spiro atoms. The number of anilines is 15. The van der Waals surface area contributed by atoms with Crippen LogP contribution in [0.4, 0.5) is 114 Å². The number of aryl methyl sites for hydroxylation is 2. The zero-order valence-electron chi connectivity index (χ0n) is 78.0. The summed E-state index contributed by atoms with van der Waals surface area (Å²) in [5, 5.41) is 31.8. The molecule has 0 saturated carbocycles. The Balaban J connectivity index is 0.000000116. The van der Waals surface area contributed by atoms with Crippen molar-refractivity contribution in [3.8, 4) is 23.0 Å². The number of nitrogens with one attached hydrogen (secondary N) is 7. The Morgan fingerprint density at radius 3 is 1.19 bits per heavy atom. The van der Waals surface area contributed by atoms with Crippen LogP contribution in [0.25, 0.3) is 40.9 Å². The molecule has 9 aromatic carbocycles. The van der Waals surface area contributed by atoms with Gasteiger partial charge in [-0.1, -0.05) is 105 Å². The molecule has 740 valence electrons. The van der Waals surface area contributed by atoms with Gasteiger partial charge < -0.3 is 61.3 Å². The molecule has 7 aliphatic heterocycles. The number of carboxylic acid groups (broad SMARTS) is 1. The molecule has 3 saturated heterocycles. The molecule has 0 atom stereocenters. The summed E-state index contributed by atoms with van der Waals surface area (Å²) in [6.07, 6.45) is 9.30. The molecular weight excluding hydrogens is 2090 g/mol. The number of morpholine rings is 2. The number of para-hydroxylation sites is 1. The van der Waals surface area contributed by atoms with Gasteiger partial charge in [-0.05, 0) is 201 Å². The van der Waals surface area contributed by atoms with E-state index in [1.165, 1.54) is 146 Å². The van der Waals surface area contributed by atoms with E-state index in [9.17, 15) is 52.2 Å². The minimum atomic E-state index is -1.18. The Morgan fingerprint density at radius 1 is 0.395 bits per heavy atom. The maximum Gasteiger partial charge on any atom is 0.348 e. The number of aromatic carboxylic acids is 1. The smallest absolute Gasteiger partial charge is 0.348 e. The third kappa shape index (κ3) is 20.8. The van der Waals surface area contributed by atoms with Gasteiger partial charge in [0.2, 0.25) is 0 Å². The summed E-state index contributed by atoms with van der Waals surface area (Å²) in [6.45, 7) is 15.4. The molecule has 0 bridgehead atoms. The number of hydrogen-bond donors (Lipinski definition) is 8. The highest BCUT2D eigenvalue weighted by atomic mass is 79.9.